The number of anilines is 1. The number of hydrogen-bond donors (Lipinski definition) is 0. The zero-order valence-electron chi connectivity index (χ0n) is 15.2. The molecule has 1 aliphatic rings. The van der Waals surface area contributed by atoms with Gasteiger partial charge in [-0.2, -0.15) is 0 Å². The smallest absolute Gasteiger partial charge is 0.339 e. The summed E-state index contributed by atoms with van der Waals surface area (Å²) < 4.78 is 17.0. The lowest BCUT2D eigenvalue weighted by molar-refractivity contribution is -0.121. The number of rotatable bonds is 4. The lowest BCUT2D eigenvalue weighted by atomic mass is 10.2. The van der Waals surface area contributed by atoms with Crippen LogP contribution in [0.15, 0.2) is 58.3 Å². The van der Waals surface area contributed by atoms with Crippen molar-refractivity contribution in [1.29, 1.82) is 0 Å². The van der Waals surface area contributed by atoms with Gasteiger partial charge in [-0.1, -0.05) is 31.2 Å². The van der Waals surface area contributed by atoms with Crippen LogP contribution < -0.4 is 4.90 Å². The number of benzene rings is 2. The van der Waals surface area contributed by atoms with Gasteiger partial charge in [-0.25, -0.2) is 4.79 Å². The zero-order chi connectivity index (χ0) is 19.4. The third kappa shape index (κ3) is 4.59. The van der Waals surface area contributed by atoms with Gasteiger partial charge in [0.15, 0.2) is 6.61 Å². The van der Waals surface area contributed by atoms with E-state index in [9.17, 15) is 13.8 Å². The van der Waals surface area contributed by atoms with Gasteiger partial charge in [0.25, 0.3) is 5.91 Å². The van der Waals surface area contributed by atoms with Crippen LogP contribution in [-0.4, -0.2) is 40.7 Å². The molecule has 1 heterocycles. The summed E-state index contributed by atoms with van der Waals surface area (Å²) in [5, 5.41) is 0.401. The minimum atomic E-state index is -1.31. The maximum absolute atomic E-state index is 12.8. The maximum atomic E-state index is 12.8. The molecule has 0 saturated carbocycles. The molecule has 7 heteroatoms. The third-order valence-corrected chi connectivity index (χ3v) is 6.50. The monoisotopic (exact) mass is 403 g/mol. The predicted molar refractivity (Wildman–Crippen MR) is 108 cm³/mol. The van der Waals surface area contributed by atoms with E-state index in [1.165, 1.54) is 6.26 Å². The van der Waals surface area contributed by atoms with Crippen LogP contribution in [0.25, 0.3) is 0 Å². The van der Waals surface area contributed by atoms with Crippen LogP contribution in [0.3, 0.4) is 0 Å². The Bertz CT molecular complexity index is 884. The molecule has 0 aliphatic carbocycles. The zero-order valence-corrected chi connectivity index (χ0v) is 16.8. The van der Waals surface area contributed by atoms with Gasteiger partial charge in [0.2, 0.25) is 0 Å². The molecule has 0 spiro atoms. The summed E-state index contributed by atoms with van der Waals surface area (Å²) in [7, 11) is -1.31. The van der Waals surface area contributed by atoms with Gasteiger partial charge >= 0.3 is 5.97 Å². The highest BCUT2D eigenvalue weighted by Gasteiger charge is 2.25. The normalized spacial score (nSPS) is 17.6. The Balaban J connectivity index is 1.73. The Morgan fingerprint density at radius 3 is 2.67 bits per heavy atom. The van der Waals surface area contributed by atoms with E-state index < -0.39 is 16.8 Å². The first-order valence-electron chi connectivity index (χ1n) is 8.63. The number of fused-ring (bicyclic) bond motifs is 1. The quantitative estimate of drug-likeness (QED) is 0.731. The lowest BCUT2D eigenvalue weighted by Gasteiger charge is -2.22. The van der Waals surface area contributed by atoms with Gasteiger partial charge in [-0.15, -0.1) is 11.8 Å². The van der Waals surface area contributed by atoms with Crippen LogP contribution in [0.1, 0.15) is 23.7 Å². The molecule has 0 fully saturated rings. The van der Waals surface area contributed by atoms with E-state index in [1.54, 1.807) is 40.9 Å². The molecule has 0 N–H and O–H groups in total. The average molecular weight is 404 g/mol. The van der Waals surface area contributed by atoms with Gasteiger partial charge in [0, 0.05) is 22.9 Å². The van der Waals surface area contributed by atoms with Crippen LogP contribution >= 0.6 is 11.8 Å². The van der Waals surface area contributed by atoms with E-state index >= 15 is 0 Å². The highest BCUT2D eigenvalue weighted by molar-refractivity contribution is 8.00. The Labute approximate surface area is 165 Å². The fourth-order valence-corrected chi connectivity index (χ4v) is 4.76. The van der Waals surface area contributed by atoms with Crippen molar-refractivity contribution in [2.45, 2.75) is 28.4 Å². The number of ether oxygens (including phenoxy) is 1. The van der Waals surface area contributed by atoms with E-state index in [-0.39, 0.29) is 18.1 Å². The minimum absolute atomic E-state index is 0.228. The molecule has 0 saturated heterocycles. The molecule has 2 atom stereocenters. The largest absolute Gasteiger partial charge is 0.452 e. The number of carbonyl (C=O) groups excluding carboxylic acids is 2. The molecule has 142 valence electrons. The molecule has 0 unspecified atom stereocenters. The number of para-hydroxylation sites is 1. The Hall–Kier alpha value is -2.12. The van der Waals surface area contributed by atoms with Gasteiger partial charge in [-0.3, -0.25) is 9.00 Å². The number of hydrogen-bond acceptors (Lipinski definition) is 5. The number of amides is 1. The standard InChI is InChI=1S/C20H21NO4S2/c1-14-11-12-21(16-8-4-5-9-17(16)26-14)19(22)13-25-20(23)15-7-3-6-10-18(15)27(2)24/h3-10,14H,11-13H2,1-2H3/t14-,27+/m1/s1. The van der Waals surface area contributed by atoms with Gasteiger partial charge < -0.3 is 9.64 Å². The first-order chi connectivity index (χ1) is 13.0. The molecular weight excluding hydrogens is 382 g/mol. The minimum Gasteiger partial charge on any atom is -0.452 e. The van der Waals surface area contributed by atoms with E-state index in [4.69, 9.17) is 4.74 Å². The highest BCUT2D eigenvalue weighted by atomic mass is 32.2. The second-order valence-electron chi connectivity index (χ2n) is 6.26. The Morgan fingerprint density at radius 2 is 1.89 bits per heavy atom. The van der Waals surface area contributed by atoms with Crippen molar-refractivity contribution in [3.05, 3.63) is 54.1 Å². The maximum Gasteiger partial charge on any atom is 0.339 e. The predicted octanol–water partition coefficient (Wildman–Crippen LogP) is 3.50. The van der Waals surface area contributed by atoms with Crippen LogP contribution in [0.5, 0.6) is 0 Å². The van der Waals surface area contributed by atoms with Gasteiger partial charge in [0.1, 0.15) is 0 Å². The SMILES string of the molecule is C[C@@H]1CCN(C(=O)COC(=O)c2ccccc2[S@](C)=O)c2ccccc2S1. The molecule has 0 aromatic heterocycles. The highest BCUT2D eigenvalue weighted by Crippen LogP contribution is 2.37. The van der Waals surface area contributed by atoms with Crippen molar-refractivity contribution in [1.82, 2.24) is 0 Å². The molecule has 1 aliphatic heterocycles. The van der Waals surface area contributed by atoms with E-state index in [0.29, 0.717) is 16.7 Å². The van der Waals surface area contributed by atoms with Crippen molar-refractivity contribution in [3.63, 3.8) is 0 Å². The van der Waals surface area contributed by atoms with E-state index in [1.807, 2.05) is 24.3 Å². The summed E-state index contributed by atoms with van der Waals surface area (Å²) in [6.45, 7) is 2.37. The molecule has 0 radical (unpaired) electrons. The molecular formula is C20H21NO4S2. The number of esters is 1. The van der Waals surface area contributed by atoms with Gasteiger partial charge in [0.05, 0.1) is 26.9 Å². The van der Waals surface area contributed by atoms with E-state index in [0.717, 1.165) is 17.0 Å². The second kappa shape index (κ2) is 8.71. The molecule has 3 rings (SSSR count). The van der Waals surface area contributed by atoms with Gasteiger partial charge in [-0.05, 0) is 30.7 Å². The summed E-state index contributed by atoms with van der Waals surface area (Å²) >= 11 is 1.74. The van der Waals surface area contributed by atoms with E-state index in [2.05, 4.69) is 6.92 Å². The van der Waals surface area contributed by atoms with Crippen molar-refractivity contribution in [2.24, 2.45) is 0 Å². The molecule has 27 heavy (non-hydrogen) atoms. The summed E-state index contributed by atoms with van der Waals surface area (Å²) in [6.07, 6.45) is 2.36. The first-order valence-corrected chi connectivity index (χ1v) is 11.1. The van der Waals surface area contributed by atoms with Crippen molar-refractivity contribution >= 4 is 40.1 Å². The summed E-state index contributed by atoms with van der Waals surface area (Å²) in [6, 6.07) is 14.3. The van der Waals surface area contributed by atoms with Crippen molar-refractivity contribution < 1.29 is 18.5 Å². The Kier molecular flexibility index (Phi) is 6.34. The summed E-state index contributed by atoms with van der Waals surface area (Å²) in [5.41, 5.74) is 1.08. The number of nitrogens with zero attached hydrogens (tertiary/aromatic N) is 1. The number of thioether (sulfide) groups is 1. The molecule has 1 amide bonds. The topological polar surface area (TPSA) is 63.7 Å². The van der Waals surface area contributed by atoms with Crippen molar-refractivity contribution in [3.8, 4) is 0 Å². The molecule has 2 aromatic rings. The first kappa shape index (κ1) is 19.6. The number of carbonyl (C=O) groups is 2. The summed E-state index contributed by atoms with van der Waals surface area (Å²) in [4.78, 5) is 28.3. The van der Waals surface area contributed by atoms with Crippen molar-refractivity contribution in [2.75, 3.05) is 24.3 Å². The lowest BCUT2D eigenvalue weighted by Crippen LogP contribution is -2.35. The molecule has 0 bridgehead atoms. The average Bonchev–Trinajstić information content (AvgIpc) is 2.84. The van der Waals surface area contributed by atoms with Crippen LogP contribution in [0.2, 0.25) is 0 Å². The van der Waals surface area contributed by atoms with Crippen LogP contribution in [-0.2, 0) is 20.3 Å². The Morgan fingerprint density at radius 1 is 1.19 bits per heavy atom. The fraction of sp³-hybridized carbons (Fsp3) is 0.300. The molecule has 5 nitrogen and oxygen atoms in total. The van der Waals surface area contributed by atoms with Crippen LogP contribution in [0.4, 0.5) is 5.69 Å². The summed E-state index contributed by atoms with van der Waals surface area (Å²) in [5.74, 6) is -0.902. The fourth-order valence-electron chi connectivity index (χ4n) is 2.91. The molecule has 2 aromatic carbocycles. The third-order valence-electron chi connectivity index (χ3n) is 4.29. The second-order valence-corrected chi connectivity index (χ2v) is 9.09. The van der Waals surface area contributed by atoms with Crippen LogP contribution in [0, 0.1) is 0 Å².